The number of hydrogen-bond donors (Lipinski definition) is 1. The first-order valence-corrected chi connectivity index (χ1v) is 6.02. The molecule has 1 aromatic heterocycles. The topological polar surface area (TPSA) is 15.8 Å². The quantitative estimate of drug-likeness (QED) is 0.689. The molecule has 3 rings (SSSR count). The van der Waals surface area contributed by atoms with Crippen LogP contribution in [-0.4, -0.2) is 4.98 Å². The van der Waals surface area contributed by atoms with Gasteiger partial charge in [-0.1, -0.05) is 42.5 Å². The Morgan fingerprint density at radius 2 is 1.65 bits per heavy atom. The Morgan fingerprint density at radius 1 is 0.765 bits per heavy atom. The highest BCUT2D eigenvalue weighted by Crippen LogP contribution is 2.16. The van der Waals surface area contributed by atoms with Crippen molar-refractivity contribution in [2.45, 2.75) is 12.8 Å². The zero-order valence-corrected chi connectivity index (χ0v) is 9.69. The van der Waals surface area contributed by atoms with E-state index in [2.05, 4.69) is 59.6 Å². The van der Waals surface area contributed by atoms with Crippen molar-refractivity contribution < 1.29 is 0 Å². The van der Waals surface area contributed by atoms with Crippen LogP contribution < -0.4 is 0 Å². The number of fused-ring (bicyclic) bond motifs is 1. The second-order valence-corrected chi connectivity index (χ2v) is 4.38. The molecule has 84 valence electrons. The van der Waals surface area contributed by atoms with E-state index in [1.165, 1.54) is 22.0 Å². The lowest BCUT2D eigenvalue weighted by Crippen LogP contribution is -1.91. The van der Waals surface area contributed by atoms with Crippen molar-refractivity contribution in [1.82, 2.24) is 4.98 Å². The second-order valence-electron chi connectivity index (χ2n) is 4.38. The summed E-state index contributed by atoms with van der Waals surface area (Å²) in [5, 5.41) is 2.65. The molecule has 0 saturated carbocycles. The number of nitrogens with one attached hydrogen (secondary N) is 1. The number of aromatic nitrogens is 1. The molecule has 1 N–H and O–H groups in total. The molecule has 0 spiro atoms. The van der Waals surface area contributed by atoms with Gasteiger partial charge in [-0.05, 0) is 41.3 Å². The Morgan fingerprint density at radius 3 is 2.47 bits per heavy atom. The highest BCUT2D eigenvalue weighted by atomic mass is 14.7. The van der Waals surface area contributed by atoms with E-state index < -0.39 is 0 Å². The molecule has 0 fully saturated rings. The summed E-state index contributed by atoms with van der Waals surface area (Å²) in [5.41, 5.74) is 2.71. The third-order valence-corrected chi connectivity index (χ3v) is 3.16. The van der Waals surface area contributed by atoms with E-state index in [0.29, 0.717) is 0 Å². The summed E-state index contributed by atoms with van der Waals surface area (Å²) in [6, 6.07) is 19.4. The summed E-state index contributed by atoms with van der Waals surface area (Å²) < 4.78 is 0. The predicted molar refractivity (Wildman–Crippen MR) is 72.1 cm³/mol. The van der Waals surface area contributed by atoms with Crippen LogP contribution in [-0.2, 0) is 12.8 Å². The van der Waals surface area contributed by atoms with Gasteiger partial charge in [0.2, 0.25) is 0 Å². The lowest BCUT2D eigenvalue weighted by Gasteiger charge is -2.03. The summed E-state index contributed by atoms with van der Waals surface area (Å²) in [6.07, 6.45) is 4.15. The summed E-state index contributed by atoms with van der Waals surface area (Å²) >= 11 is 0. The van der Waals surface area contributed by atoms with E-state index in [-0.39, 0.29) is 0 Å². The number of benzene rings is 2. The van der Waals surface area contributed by atoms with Gasteiger partial charge in [0.25, 0.3) is 0 Å². The summed E-state index contributed by atoms with van der Waals surface area (Å²) in [7, 11) is 0. The van der Waals surface area contributed by atoms with Gasteiger partial charge in [-0.25, -0.2) is 0 Å². The van der Waals surface area contributed by atoms with Crippen molar-refractivity contribution in [2.75, 3.05) is 0 Å². The fraction of sp³-hybridized carbons (Fsp3) is 0.125. The molecule has 2 aromatic carbocycles. The maximum atomic E-state index is 3.24. The normalized spacial score (nSPS) is 10.8. The minimum absolute atomic E-state index is 1.07. The maximum absolute atomic E-state index is 3.24. The first-order valence-electron chi connectivity index (χ1n) is 6.02. The highest BCUT2D eigenvalue weighted by molar-refractivity contribution is 5.82. The van der Waals surface area contributed by atoms with Crippen LogP contribution in [0.25, 0.3) is 10.8 Å². The van der Waals surface area contributed by atoms with E-state index in [1.54, 1.807) is 0 Å². The molecule has 0 unspecified atom stereocenters. The molecule has 0 bridgehead atoms. The van der Waals surface area contributed by atoms with Crippen molar-refractivity contribution in [3.63, 3.8) is 0 Å². The Bertz CT molecular complexity index is 608. The van der Waals surface area contributed by atoms with Crippen molar-refractivity contribution in [1.29, 1.82) is 0 Å². The summed E-state index contributed by atoms with van der Waals surface area (Å²) in [5.74, 6) is 0. The van der Waals surface area contributed by atoms with E-state index >= 15 is 0 Å². The van der Waals surface area contributed by atoms with Crippen molar-refractivity contribution in [3.05, 3.63) is 72.1 Å². The molecule has 3 aromatic rings. The molecule has 0 aliphatic carbocycles. The van der Waals surface area contributed by atoms with Crippen LogP contribution in [0.4, 0.5) is 0 Å². The molecule has 1 heteroatoms. The van der Waals surface area contributed by atoms with Gasteiger partial charge in [-0.3, -0.25) is 0 Å². The van der Waals surface area contributed by atoms with E-state index in [1.807, 2.05) is 6.20 Å². The Labute approximate surface area is 101 Å². The van der Waals surface area contributed by atoms with Gasteiger partial charge in [-0.2, -0.15) is 0 Å². The van der Waals surface area contributed by atoms with Crippen LogP contribution in [0.1, 0.15) is 11.3 Å². The zero-order valence-electron chi connectivity index (χ0n) is 9.69. The van der Waals surface area contributed by atoms with Crippen LogP contribution >= 0.6 is 0 Å². The standard InChI is InChI=1S/C16H15N/c1-2-5-15-12-13(7-9-14(15)4-1)8-10-16-6-3-11-17-16/h1-7,9,11-12,17H,8,10H2. The van der Waals surface area contributed by atoms with E-state index in [9.17, 15) is 0 Å². The molecule has 0 aliphatic heterocycles. The average molecular weight is 221 g/mol. The SMILES string of the molecule is c1c[nH]c(CCc2ccc3ccccc3c2)c1. The van der Waals surface area contributed by atoms with Gasteiger partial charge in [0.15, 0.2) is 0 Å². The molecule has 0 atom stereocenters. The Balaban J connectivity index is 1.81. The molecule has 0 saturated heterocycles. The van der Waals surface area contributed by atoms with Gasteiger partial charge >= 0.3 is 0 Å². The van der Waals surface area contributed by atoms with E-state index in [4.69, 9.17) is 0 Å². The average Bonchev–Trinajstić information content (AvgIpc) is 2.89. The molecule has 0 radical (unpaired) electrons. The molecule has 1 nitrogen and oxygen atoms in total. The highest BCUT2D eigenvalue weighted by Gasteiger charge is 1.98. The van der Waals surface area contributed by atoms with Crippen LogP contribution in [0.5, 0.6) is 0 Å². The molecule has 0 amide bonds. The largest absolute Gasteiger partial charge is 0.365 e. The fourth-order valence-electron chi connectivity index (χ4n) is 2.20. The minimum Gasteiger partial charge on any atom is -0.365 e. The maximum Gasteiger partial charge on any atom is 0.0150 e. The number of aryl methyl sites for hydroxylation is 2. The second kappa shape index (κ2) is 4.46. The summed E-state index contributed by atoms with van der Waals surface area (Å²) in [4.78, 5) is 3.24. The number of rotatable bonds is 3. The third-order valence-electron chi connectivity index (χ3n) is 3.16. The number of hydrogen-bond acceptors (Lipinski definition) is 0. The molecular weight excluding hydrogens is 206 g/mol. The van der Waals surface area contributed by atoms with Crippen LogP contribution in [0.2, 0.25) is 0 Å². The van der Waals surface area contributed by atoms with Crippen molar-refractivity contribution in [2.24, 2.45) is 0 Å². The van der Waals surface area contributed by atoms with Crippen LogP contribution in [0, 0.1) is 0 Å². The third kappa shape index (κ3) is 2.23. The smallest absolute Gasteiger partial charge is 0.0150 e. The fourth-order valence-corrected chi connectivity index (χ4v) is 2.20. The first-order chi connectivity index (χ1) is 8.42. The van der Waals surface area contributed by atoms with Gasteiger partial charge in [0.1, 0.15) is 0 Å². The molecule has 17 heavy (non-hydrogen) atoms. The Kier molecular flexibility index (Phi) is 2.66. The van der Waals surface area contributed by atoms with Crippen molar-refractivity contribution in [3.8, 4) is 0 Å². The predicted octanol–water partition coefficient (Wildman–Crippen LogP) is 3.95. The number of aromatic amines is 1. The lowest BCUT2D eigenvalue weighted by atomic mass is 10.0. The van der Waals surface area contributed by atoms with Gasteiger partial charge in [-0.15, -0.1) is 0 Å². The van der Waals surface area contributed by atoms with Gasteiger partial charge < -0.3 is 4.98 Å². The number of H-pyrrole nitrogens is 1. The van der Waals surface area contributed by atoms with E-state index in [0.717, 1.165) is 12.8 Å². The Hall–Kier alpha value is -2.02. The first kappa shape index (κ1) is 10.2. The molecular formula is C16H15N. The van der Waals surface area contributed by atoms with Crippen LogP contribution in [0.3, 0.4) is 0 Å². The lowest BCUT2D eigenvalue weighted by molar-refractivity contribution is 0.927. The molecule has 1 heterocycles. The van der Waals surface area contributed by atoms with Crippen molar-refractivity contribution >= 4 is 10.8 Å². The summed E-state index contributed by atoms with van der Waals surface area (Å²) in [6.45, 7) is 0. The molecule has 0 aliphatic rings. The van der Waals surface area contributed by atoms with Gasteiger partial charge in [0, 0.05) is 11.9 Å². The van der Waals surface area contributed by atoms with Gasteiger partial charge in [0.05, 0.1) is 0 Å². The minimum atomic E-state index is 1.07. The zero-order chi connectivity index (χ0) is 11.5. The van der Waals surface area contributed by atoms with Crippen LogP contribution in [0.15, 0.2) is 60.8 Å². The monoisotopic (exact) mass is 221 g/mol.